The van der Waals surface area contributed by atoms with Crippen molar-refractivity contribution in [3.63, 3.8) is 0 Å². The molecule has 0 bridgehead atoms. The van der Waals surface area contributed by atoms with Crippen molar-refractivity contribution >= 4 is 5.78 Å². The van der Waals surface area contributed by atoms with Gasteiger partial charge in [0.1, 0.15) is 5.78 Å². The zero-order valence-corrected chi connectivity index (χ0v) is 13.6. The minimum absolute atomic E-state index is 0.220. The summed E-state index contributed by atoms with van der Waals surface area (Å²) in [5, 5.41) is 19.2. The average molecular weight is 404 g/mol. The third kappa shape index (κ3) is 3.80. The molecule has 0 heterocycles. The lowest BCUT2D eigenvalue weighted by atomic mass is 9.63. The van der Waals surface area contributed by atoms with Crippen molar-refractivity contribution in [3.8, 4) is 0 Å². The van der Waals surface area contributed by atoms with Crippen LogP contribution in [0, 0.1) is 17.8 Å². The zero-order chi connectivity index (χ0) is 20.9. The van der Waals surface area contributed by atoms with Crippen molar-refractivity contribution in [2.75, 3.05) is 0 Å². The molecule has 1 aliphatic carbocycles. The summed E-state index contributed by atoms with van der Waals surface area (Å²) in [6.45, 7) is 1.03. The molecule has 0 aromatic heterocycles. The van der Waals surface area contributed by atoms with E-state index < -0.39 is 72.5 Å². The largest absolute Gasteiger partial charge is 0.426 e. The van der Waals surface area contributed by atoms with Crippen molar-refractivity contribution in [1.29, 1.82) is 0 Å². The van der Waals surface area contributed by atoms with Gasteiger partial charge in [0.15, 0.2) is 5.60 Å². The molecule has 1 aliphatic rings. The maximum atomic E-state index is 13.0. The van der Waals surface area contributed by atoms with Crippen LogP contribution in [-0.4, -0.2) is 45.7 Å². The summed E-state index contributed by atoms with van der Waals surface area (Å²) in [5.74, 6) is -7.43. The summed E-state index contributed by atoms with van der Waals surface area (Å²) >= 11 is 0. The van der Waals surface area contributed by atoms with Gasteiger partial charge in [-0.15, -0.1) is 0 Å². The quantitative estimate of drug-likeness (QED) is 0.704. The number of hydrogen-bond donors (Lipinski definition) is 2. The second-order valence-electron chi connectivity index (χ2n) is 6.82. The van der Waals surface area contributed by atoms with Crippen molar-refractivity contribution in [2.24, 2.45) is 17.8 Å². The highest BCUT2D eigenvalue weighted by molar-refractivity contribution is 5.78. The van der Waals surface area contributed by atoms with Gasteiger partial charge in [-0.1, -0.05) is 0 Å². The van der Waals surface area contributed by atoms with Crippen LogP contribution in [0.5, 0.6) is 0 Å². The van der Waals surface area contributed by atoms with E-state index in [1.807, 2.05) is 0 Å². The van der Waals surface area contributed by atoms with Gasteiger partial charge in [0.2, 0.25) is 0 Å². The number of carbonyl (C=O) groups is 1. The predicted octanol–water partition coefficient (Wildman–Crippen LogP) is 3.78. The first-order valence-corrected chi connectivity index (χ1v) is 7.42. The number of halogens is 9. The highest BCUT2D eigenvalue weighted by Crippen LogP contribution is 2.55. The smallest absolute Gasteiger partial charge is 0.380 e. The molecule has 3 nitrogen and oxygen atoms in total. The van der Waals surface area contributed by atoms with Crippen LogP contribution in [0.1, 0.15) is 33.1 Å². The summed E-state index contributed by atoms with van der Waals surface area (Å²) in [6, 6.07) is 0. The Kier molecular flexibility index (Phi) is 5.78. The Morgan fingerprint density at radius 1 is 0.769 bits per heavy atom. The summed E-state index contributed by atoms with van der Waals surface area (Å²) in [4.78, 5) is 11.5. The van der Waals surface area contributed by atoms with Gasteiger partial charge in [0.25, 0.3) is 5.60 Å². The standard InChI is InChI=1S/C14H17F9O3/c1-6(24)7-3-8(10(2,25)12(15,16)17)5-9(4-7)11(26,13(18,19)20)14(21,22)23/h7-9,25-26H,3-5H2,1-2H3. The Labute approximate surface area is 142 Å². The summed E-state index contributed by atoms with van der Waals surface area (Å²) in [6.07, 6.45) is -21.1. The minimum atomic E-state index is -6.23. The highest BCUT2D eigenvalue weighted by atomic mass is 19.4. The first kappa shape index (κ1) is 23.0. The van der Waals surface area contributed by atoms with Crippen LogP contribution in [0.25, 0.3) is 0 Å². The topological polar surface area (TPSA) is 57.5 Å². The zero-order valence-electron chi connectivity index (χ0n) is 13.6. The maximum absolute atomic E-state index is 13.0. The molecule has 4 atom stereocenters. The van der Waals surface area contributed by atoms with Crippen LogP contribution in [-0.2, 0) is 4.79 Å². The van der Waals surface area contributed by atoms with Crippen molar-refractivity contribution < 1.29 is 54.5 Å². The molecule has 26 heavy (non-hydrogen) atoms. The molecule has 1 saturated carbocycles. The second-order valence-corrected chi connectivity index (χ2v) is 6.82. The van der Waals surface area contributed by atoms with Gasteiger partial charge >= 0.3 is 18.5 Å². The minimum Gasteiger partial charge on any atom is -0.380 e. The lowest BCUT2D eigenvalue weighted by Crippen LogP contribution is -2.64. The predicted molar refractivity (Wildman–Crippen MR) is 68.7 cm³/mol. The second kappa shape index (κ2) is 6.54. The third-order valence-electron chi connectivity index (χ3n) is 5.11. The molecule has 0 aromatic carbocycles. The molecule has 4 unspecified atom stereocenters. The molecule has 154 valence electrons. The van der Waals surface area contributed by atoms with Gasteiger partial charge in [0, 0.05) is 11.8 Å². The first-order chi connectivity index (χ1) is 11.3. The molecule has 0 amide bonds. The van der Waals surface area contributed by atoms with E-state index in [4.69, 9.17) is 0 Å². The van der Waals surface area contributed by atoms with Crippen LogP contribution in [0.4, 0.5) is 39.5 Å². The van der Waals surface area contributed by atoms with Gasteiger partial charge in [0.05, 0.1) is 0 Å². The molecule has 2 N–H and O–H groups in total. The number of carbonyl (C=O) groups excluding carboxylic acids is 1. The highest BCUT2D eigenvalue weighted by Gasteiger charge is 2.74. The van der Waals surface area contributed by atoms with Crippen molar-refractivity contribution in [1.82, 2.24) is 0 Å². The van der Waals surface area contributed by atoms with E-state index in [1.54, 1.807) is 0 Å². The Morgan fingerprint density at radius 2 is 1.15 bits per heavy atom. The van der Waals surface area contributed by atoms with Crippen molar-refractivity contribution in [3.05, 3.63) is 0 Å². The summed E-state index contributed by atoms with van der Waals surface area (Å²) in [5.41, 5.74) is -8.93. The van der Waals surface area contributed by atoms with Gasteiger partial charge in [-0.05, 0) is 39.0 Å². The monoisotopic (exact) mass is 404 g/mol. The van der Waals surface area contributed by atoms with E-state index in [0.29, 0.717) is 0 Å². The van der Waals surface area contributed by atoms with Crippen LogP contribution in [0.15, 0.2) is 0 Å². The molecular formula is C14H17F9O3. The molecule has 0 spiro atoms. The van der Waals surface area contributed by atoms with E-state index >= 15 is 0 Å². The fraction of sp³-hybridized carbons (Fsp3) is 0.929. The Bertz CT molecular complexity index is 519. The number of alkyl halides is 9. The van der Waals surface area contributed by atoms with Crippen molar-refractivity contribution in [2.45, 2.75) is 62.8 Å². The molecule has 0 radical (unpaired) electrons. The lowest BCUT2D eigenvalue weighted by molar-refractivity contribution is -0.390. The summed E-state index contributed by atoms with van der Waals surface area (Å²) < 4.78 is 117. The van der Waals surface area contributed by atoms with Crippen LogP contribution in [0.2, 0.25) is 0 Å². The molecule has 1 fully saturated rings. The molecular weight excluding hydrogens is 387 g/mol. The van der Waals surface area contributed by atoms with E-state index in [-0.39, 0.29) is 6.92 Å². The number of rotatable bonds is 3. The Hall–Kier alpha value is -1.04. The number of Topliss-reactive ketones (excluding diaryl/α,β-unsaturated/α-hetero) is 1. The molecule has 12 heteroatoms. The van der Waals surface area contributed by atoms with E-state index in [9.17, 15) is 54.5 Å². The third-order valence-corrected chi connectivity index (χ3v) is 5.11. The Balaban J connectivity index is 3.44. The van der Waals surface area contributed by atoms with Crippen LogP contribution < -0.4 is 0 Å². The number of hydrogen-bond acceptors (Lipinski definition) is 3. The normalized spacial score (nSPS) is 28.6. The van der Waals surface area contributed by atoms with Gasteiger partial charge in [-0.2, -0.15) is 39.5 Å². The number of aliphatic hydroxyl groups is 2. The molecule has 0 saturated heterocycles. The average Bonchev–Trinajstić information content (AvgIpc) is 2.42. The van der Waals surface area contributed by atoms with Gasteiger partial charge in [-0.25, -0.2) is 0 Å². The first-order valence-electron chi connectivity index (χ1n) is 7.42. The SMILES string of the molecule is CC(=O)C1CC(C(C)(O)C(F)(F)F)CC(C(O)(C(F)(F)F)C(F)(F)F)C1. The van der Waals surface area contributed by atoms with Crippen LogP contribution in [0.3, 0.4) is 0 Å². The molecule has 1 rings (SSSR count). The summed E-state index contributed by atoms with van der Waals surface area (Å²) in [7, 11) is 0. The number of ketones is 1. The fourth-order valence-corrected chi connectivity index (χ4v) is 3.31. The van der Waals surface area contributed by atoms with E-state index in [2.05, 4.69) is 0 Å². The van der Waals surface area contributed by atoms with Gasteiger partial charge in [-0.3, -0.25) is 4.79 Å². The molecule has 0 aromatic rings. The van der Waals surface area contributed by atoms with Gasteiger partial charge < -0.3 is 10.2 Å². The van der Waals surface area contributed by atoms with E-state index in [0.717, 1.165) is 6.92 Å². The Morgan fingerprint density at radius 3 is 1.46 bits per heavy atom. The molecule has 0 aliphatic heterocycles. The fourth-order valence-electron chi connectivity index (χ4n) is 3.31. The lowest BCUT2D eigenvalue weighted by Gasteiger charge is -2.47. The van der Waals surface area contributed by atoms with Crippen LogP contribution >= 0.6 is 0 Å². The maximum Gasteiger partial charge on any atom is 0.426 e. The van der Waals surface area contributed by atoms with E-state index in [1.165, 1.54) is 0 Å².